The van der Waals surface area contributed by atoms with Crippen LogP contribution in [0.25, 0.3) is 0 Å². The van der Waals surface area contributed by atoms with E-state index >= 15 is 0 Å². The first-order valence-corrected chi connectivity index (χ1v) is 13.5. The van der Waals surface area contributed by atoms with Crippen molar-refractivity contribution in [1.29, 1.82) is 0 Å². The molecular weight excluding hydrogens is 428 g/mol. The Bertz CT molecular complexity index is 949. The number of nitrogens with zero attached hydrogens (tertiary/aromatic N) is 2. The fourth-order valence-corrected chi connectivity index (χ4v) is 6.27. The van der Waals surface area contributed by atoms with Crippen LogP contribution >= 0.6 is 0 Å². The molecule has 30 heavy (non-hydrogen) atoms. The lowest BCUT2D eigenvalue weighted by Crippen LogP contribution is -2.50. The van der Waals surface area contributed by atoms with E-state index in [-0.39, 0.29) is 22.9 Å². The zero-order chi connectivity index (χ0) is 21.9. The van der Waals surface area contributed by atoms with Gasteiger partial charge in [-0.25, -0.2) is 21.6 Å². The molecule has 2 saturated heterocycles. The Morgan fingerprint density at radius 3 is 2.10 bits per heavy atom. The van der Waals surface area contributed by atoms with E-state index in [0.29, 0.717) is 44.7 Å². The zero-order valence-corrected chi connectivity index (χ0v) is 19.0. The number of hydrogen-bond donors (Lipinski definition) is 2. The summed E-state index contributed by atoms with van der Waals surface area (Å²) in [6, 6.07) is 5.78. The number of benzene rings is 1. The first-order valence-electron chi connectivity index (χ1n) is 10.2. The molecule has 11 heteroatoms. The van der Waals surface area contributed by atoms with E-state index in [2.05, 4.69) is 10.0 Å². The van der Waals surface area contributed by atoms with E-state index in [1.807, 2.05) is 11.8 Å². The summed E-state index contributed by atoms with van der Waals surface area (Å²) >= 11 is 0. The third-order valence-electron chi connectivity index (χ3n) is 5.66. The van der Waals surface area contributed by atoms with Crippen molar-refractivity contribution in [3.8, 4) is 0 Å². The van der Waals surface area contributed by atoms with Gasteiger partial charge in [0, 0.05) is 37.9 Å². The molecule has 0 bridgehead atoms. The average molecular weight is 459 g/mol. The Labute approximate surface area is 178 Å². The minimum Gasteiger partial charge on any atom is -0.325 e. The predicted molar refractivity (Wildman–Crippen MR) is 115 cm³/mol. The predicted octanol–water partition coefficient (Wildman–Crippen LogP) is 0.812. The van der Waals surface area contributed by atoms with Crippen LogP contribution in [0.5, 0.6) is 0 Å². The quantitative estimate of drug-likeness (QED) is 0.625. The SMILES string of the molecule is CC(C(=O)Nc1ccc(S(=O)(=O)N2CCCC2)cc1)N1CCC(NS(C)(=O)=O)CC1. The highest BCUT2D eigenvalue weighted by molar-refractivity contribution is 7.89. The molecule has 0 aromatic heterocycles. The summed E-state index contributed by atoms with van der Waals surface area (Å²) in [4.78, 5) is 14.9. The molecule has 1 aromatic rings. The summed E-state index contributed by atoms with van der Waals surface area (Å²) in [6.07, 6.45) is 4.21. The second-order valence-corrected chi connectivity index (χ2v) is 11.7. The van der Waals surface area contributed by atoms with Crippen molar-refractivity contribution in [2.24, 2.45) is 0 Å². The second kappa shape index (κ2) is 9.31. The van der Waals surface area contributed by atoms with Crippen LogP contribution in [0, 0.1) is 0 Å². The van der Waals surface area contributed by atoms with Gasteiger partial charge in [-0.05, 0) is 56.9 Å². The van der Waals surface area contributed by atoms with Crippen LogP contribution in [-0.4, -0.2) is 76.5 Å². The molecule has 2 heterocycles. The number of likely N-dealkylation sites (tertiary alicyclic amines) is 1. The van der Waals surface area contributed by atoms with E-state index in [0.717, 1.165) is 19.1 Å². The van der Waals surface area contributed by atoms with Gasteiger partial charge < -0.3 is 5.32 Å². The fraction of sp³-hybridized carbons (Fsp3) is 0.632. The van der Waals surface area contributed by atoms with Crippen LogP contribution in [0.3, 0.4) is 0 Å². The fourth-order valence-electron chi connectivity index (χ4n) is 3.91. The van der Waals surface area contributed by atoms with E-state index in [1.165, 1.54) is 16.4 Å². The maximum absolute atomic E-state index is 12.6. The number of carbonyl (C=O) groups is 1. The highest BCUT2D eigenvalue weighted by Crippen LogP contribution is 2.22. The van der Waals surface area contributed by atoms with Gasteiger partial charge in [0.1, 0.15) is 0 Å². The molecule has 0 aliphatic carbocycles. The maximum Gasteiger partial charge on any atom is 0.243 e. The van der Waals surface area contributed by atoms with Gasteiger partial charge in [0.2, 0.25) is 26.0 Å². The van der Waals surface area contributed by atoms with Crippen LogP contribution in [0.15, 0.2) is 29.2 Å². The second-order valence-electron chi connectivity index (χ2n) is 8.00. The number of amides is 1. The number of hydrogen-bond acceptors (Lipinski definition) is 6. The van der Waals surface area contributed by atoms with Crippen molar-refractivity contribution in [3.05, 3.63) is 24.3 Å². The molecule has 1 unspecified atom stereocenters. The molecule has 3 rings (SSSR count). The largest absolute Gasteiger partial charge is 0.325 e. The first-order chi connectivity index (χ1) is 14.1. The molecule has 168 valence electrons. The van der Waals surface area contributed by atoms with Gasteiger partial charge in [-0.15, -0.1) is 0 Å². The average Bonchev–Trinajstić information content (AvgIpc) is 3.23. The van der Waals surface area contributed by atoms with Crippen molar-refractivity contribution < 1.29 is 21.6 Å². The summed E-state index contributed by atoms with van der Waals surface area (Å²) < 4.78 is 52.0. The monoisotopic (exact) mass is 458 g/mol. The summed E-state index contributed by atoms with van der Waals surface area (Å²) in [5, 5.41) is 2.84. The minimum absolute atomic E-state index is 0.100. The molecule has 2 aliphatic heterocycles. The van der Waals surface area contributed by atoms with Gasteiger partial charge >= 0.3 is 0 Å². The van der Waals surface area contributed by atoms with Crippen LogP contribution in [0.1, 0.15) is 32.6 Å². The summed E-state index contributed by atoms with van der Waals surface area (Å²) in [5.74, 6) is -0.181. The number of sulfonamides is 2. The highest BCUT2D eigenvalue weighted by atomic mass is 32.2. The topological polar surface area (TPSA) is 116 Å². The van der Waals surface area contributed by atoms with Crippen molar-refractivity contribution >= 4 is 31.6 Å². The number of piperidine rings is 1. The lowest BCUT2D eigenvalue weighted by Gasteiger charge is -2.35. The maximum atomic E-state index is 12.6. The van der Waals surface area contributed by atoms with Gasteiger partial charge in [0.05, 0.1) is 17.2 Å². The van der Waals surface area contributed by atoms with Crippen molar-refractivity contribution in [1.82, 2.24) is 13.9 Å². The summed E-state index contributed by atoms with van der Waals surface area (Å²) in [6.45, 7) is 4.15. The smallest absolute Gasteiger partial charge is 0.243 e. The van der Waals surface area contributed by atoms with Gasteiger partial charge in [-0.3, -0.25) is 9.69 Å². The molecule has 9 nitrogen and oxygen atoms in total. The molecular formula is C19H30N4O5S2. The highest BCUT2D eigenvalue weighted by Gasteiger charge is 2.29. The molecule has 0 spiro atoms. The summed E-state index contributed by atoms with van der Waals surface area (Å²) in [7, 11) is -6.70. The van der Waals surface area contributed by atoms with Crippen molar-refractivity contribution in [3.63, 3.8) is 0 Å². The Morgan fingerprint density at radius 1 is 1.00 bits per heavy atom. The van der Waals surface area contributed by atoms with Gasteiger partial charge in [0.15, 0.2) is 0 Å². The van der Waals surface area contributed by atoms with Gasteiger partial charge in [0.25, 0.3) is 0 Å². The number of nitrogens with one attached hydrogen (secondary N) is 2. The molecule has 1 amide bonds. The molecule has 2 N–H and O–H groups in total. The lowest BCUT2D eigenvalue weighted by atomic mass is 10.0. The lowest BCUT2D eigenvalue weighted by molar-refractivity contribution is -0.121. The third kappa shape index (κ3) is 5.79. The van der Waals surface area contributed by atoms with Crippen LogP contribution in [-0.2, 0) is 24.8 Å². The Hall–Kier alpha value is -1.53. The number of carbonyl (C=O) groups excluding carboxylic acids is 1. The van der Waals surface area contributed by atoms with Crippen LogP contribution in [0.2, 0.25) is 0 Å². The first kappa shape index (κ1) is 23.1. The van der Waals surface area contributed by atoms with Crippen LogP contribution < -0.4 is 10.0 Å². The third-order valence-corrected chi connectivity index (χ3v) is 8.34. The van der Waals surface area contributed by atoms with Crippen LogP contribution in [0.4, 0.5) is 5.69 Å². The Kier molecular flexibility index (Phi) is 7.18. The van der Waals surface area contributed by atoms with E-state index in [1.54, 1.807) is 12.1 Å². The molecule has 1 atom stereocenters. The molecule has 0 saturated carbocycles. The number of anilines is 1. The molecule has 2 aliphatic rings. The van der Waals surface area contributed by atoms with E-state index in [9.17, 15) is 21.6 Å². The Morgan fingerprint density at radius 2 is 1.57 bits per heavy atom. The van der Waals surface area contributed by atoms with Crippen molar-refractivity contribution in [2.45, 2.75) is 49.6 Å². The Balaban J connectivity index is 1.54. The molecule has 0 radical (unpaired) electrons. The van der Waals surface area contributed by atoms with E-state index < -0.39 is 20.0 Å². The molecule has 1 aromatic carbocycles. The van der Waals surface area contributed by atoms with Gasteiger partial charge in [-0.2, -0.15) is 4.31 Å². The normalized spacial score (nSPS) is 20.9. The summed E-state index contributed by atoms with van der Waals surface area (Å²) in [5.41, 5.74) is 0.542. The standard InChI is InChI=1S/C19H30N4O5S2/c1-15(22-13-9-17(10-14-22)21-29(2,25)26)19(24)20-16-5-7-18(8-6-16)30(27,28)23-11-3-4-12-23/h5-8,15,17,21H,3-4,9-14H2,1-2H3,(H,20,24). The number of rotatable bonds is 7. The zero-order valence-electron chi connectivity index (χ0n) is 17.4. The minimum atomic E-state index is -3.47. The van der Waals surface area contributed by atoms with Crippen molar-refractivity contribution in [2.75, 3.05) is 37.8 Å². The van der Waals surface area contributed by atoms with E-state index in [4.69, 9.17) is 0 Å². The van der Waals surface area contributed by atoms with Gasteiger partial charge in [-0.1, -0.05) is 0 Å². The molecule has 2 fully saturated rings.